The smallest absolute Gasteiger partial charge is 0.278 e. The average molecular weight is 479 g/mol. The standard InChI is InChI=1S/C25H23ClN4O4/c1-17-10-20(14-32-2)22(12-27)25(29-17)34-16-24(31)30-28-13-18-6-5-8-21(11-18)33-15-19-7-3-4-9-23(19)26/h3-11,13H,14-16H2,1-2H3,(H,30,31)/b28-13-. The van der Waals surface area contributed by atoms with Gasteiger partial charge in [-0.2, -0.15) is 10.4 Å². The molecule has 0 bridgehead atoms. The molecule has 0 spiro atoms. The Bertz CT molecular complexity index is 1220. The average Bonchev–Trinajstić information content (AvgIpc) is 2.82. The number of carbonyl (C=O) groups excluding carboxylic acids is 1. The lowest BCUT2D eigenvalue weighted by atomic mass is 10.1. The highest BCUT2D eigenvalue weighted by Crippen LogP contribution is 2.21. The Morgan fingerprint density at radius 3 is 2.74 bits per heavy atom. The zero-order valence-corrected chi connectivity index (χ0v) is 19.5. The summed E-state index contributed by atoms with van der Waals surface area (Å²) in [6, 6.07) is 18.5. The maximum atomic E-state index is 12.1. The number of benzene rings is 2. The maximum Gasteiger partial charge on any atom is 0.278 e. The number of nitrogens with zero attached hydrogens (tertiary/aromatic N) is 3. The number of nitriles is 1. The zero-order chi connectivity index (χ0) is 24.3. The van der Waals surface area contributed by atoms with Crippen molar-refractivity contribution in [2.75, 3.05) is 13.7 Å². The monoisotopic (exact) mass is 478 g/mol. The SMILES string of the molecule is COCc1cc(C)nc(OCC(=O)N/N=C\c2cccc(OCc3ccccc3Cl)c2)c1C#N. The van der Waals surface area contributed by atoms with Crippen molar-refractivity contribution < 1.29 is 19.0 Å². The molecule has 2 aromatic carbocycles. The fourth-order valence-corrected chi connectivity index (χ4v) is 3.20. The third-order valence-corrected chi connectivity index (χ3v) is 4.93. The van der Waals surface area contributed by atoms with Crippen molar-refractivity contribution in [3.8, 4) is 17.7 Å². The Morgan fingerprint density at radius 1 is 1.15 bits per heavy atom. The second-order valence-electron chi connectivity index (χ2n) is 7.18. The van der Waals surface area contributed by atoms with Gasteiger partial charge in [-0.05, 0) is 36.8 Å². The van der Waals surface area contributed by atoms with Gasteiger partial charge in [0, 0.05) is 29.0 Å². The van der Waals surface area contributed by atoms with Gasteiger partial charge in [0.05, 0.1) is 12.8 Å². The van der Waals surface area contributed by atoms with E-state index in [-0.39, 0.29) is 24.7 Å². The van der Waals surface area contributed by atoms with E-state index in [0.29, 0.717) is 28.6 Å². The summed E-state index contributed by atoms with van der Waals surface area (Å²) in [6.07, 6.45) is 1.49. The Morgan fingerprint density at radius 2 is 1.97 bits per heavy atom. The minimum Gasteiger partial charge on any atom is -0.489 e. The highest BCUT2D eigenvalue weighted by atomic mass is 35.5. The molecule has 0 atom stereocenters. The van der Waals surface area contributed by atoms with Gasteiger partial charge in [-0.15, -0.1) is 0 Å². The van der Waals surface area contributed by atoms with Crippen LogP contribution in [0.5, 0.6) is 11.6 Å². The van der Waals surface area contributed by atoms with E-state index in [0.717, 1.165) is 11.1 Å². The van der Waals surface area contributed by atoms with Gasteiger partial charge in [0.2, 0.25) is 5.88 Å². The van der Waals surface area contributed by atoms with E-state index in [1.54, 1.807) is 19.1 Å². The molecule has 0 unspecified atom stereocenters. The number of rotatable bonds is 10. The summed E-state index contributed by atoms with van der Waals surface area (Å²) >= 11 is 6.15. The normalized spacial score (nSPS) is 10.6. The lowest BCUT2D eigenvalue weighted by molar-refractivity contribution is -0.123. The van der Waals surface area contributed by atoms with Gasteiger partial charge in [0.25, 0.3) is 5.91 Å². The van der Waals surface area contributed by atoms with Gasteiger partial charge in [-0.1, -0.05) is 41.9 Å². The van der Waals surface area contributed by atoms with Crippen LogP contribution in [-0.4, -0.2) is 30.8 Å². The first kappa shape index (κ1) is 24.7. The van der Waals surface area contributed by atoms with Gasteiger partial charge < -0.3 is 14.2 Å². The van der Waals surface area contributed by atoms with Crippen LogP contribution < -0.4 is 14.9 Å². The van der Waals surface area contributed by atoms with Crippen molar-refractivity contribution in [2.45, 2.75) is 20.1 Å². The van der Waals surface area contributed by atoms with Crippen LogP contribution in [0.15, 0.2) is 59.7 Å². The van der Waals surface area contributed by atoms with E-state index >= 15 is 0 Å². The molecule has 0 radical (unpaired) electrons. The van der Waals surface area contributed by atoms with Gasteiger partial charge >= 0.3 is 0 Å². The van der Waals surface area contributed by atoms with Crippen molar-refractivity contribution in [1.82, 2.24) is 10.4 Å². The molecule has 0 fully saturated rings. The number of aryl methyl sites for hydroxylation is 1. The number of pyridine rings is 1. The van der Waals surface area contributed by atoms with Crippen LogP contribution >= 0.6 is 11.6 Å². The van der Waals surface area contributed by atoms with Crippen molar-refractivity contribution in [2.24, 2.45) is 5.10 Å². The van der Waals surface area contributed by atoms with Crippen LogP contribution in [0.3, 0.4) is 0 Å². The summed E-state index contributed by atoms with van der Waals surface area (Å²) in [6.45, 7) is 1.98. The lowest BCUT2D eigenvalue weighted by Gasteiger charge is -2.10. The van der Waals surface area contributed by atoms with E-state index in [2.05, 4.69) is 15.5 Å². The van der Waals surface area contributed by atoms with Gasteiger partial charge in [-0.25, -0.2) is 10.4 Å². The predicted octanol–water partition coefficient (Wildman–Crippen LogP) is 4.17. The second-order valence-corrected chi connectivity index (χ2v) is 7.59. The van der Waals surface area contributed by atoms with E-state index < -0.39 is 5.91 Å². The molecule has 1 aromatic heterocycles. The number of halogens is 1. The molecule has 1 amide bonds. The van der Waals surface area contributed by atoms with Gasteiger partial charge in [0.1, 0.15) is 24.0 Å². The summed E-state index contributed by atoms with van der Waals surface area (Å²) in [7, 11) is 1.53. The highest BCUT2D eigenvalue weighted by molar-refractivity contribution is 6.31. The number of methoxy groups -OCH3 is 1. The van der Waals surface area contributed by atoms with Crippen LogP contribution in [0, 0.1) is 18.3 Å². The minimum atomic E-state index is -0.497. The third kappa shape index (κ3) is 7.04. The molecule has 0 aliphatic carbocycles. The Labute approximate surface area is 202 Å². The number of nitrogens with one attached hydrogen (secondary N) is 1. The Balaban J connectivity index is 1.54. The summed E-state index contributed by atoms with van der Waals surface area (Å²) in [5.74, 6) is 0.222. The largest absolute Gasteiger partial charge is 0.489 e. The number of hydrazone groups is 1. The molecule has 1 heterocycles. The summed E-state index contributed by atoms with van der Waals surface area (Å²) in [5, 5.41) is 14.0. The summed E-state index contributed by atoms with van der Waals surface area (Å²) in [4.78, 5) is 16.3. The molecule has 0 saturated heterocycles. The van der Waals surface area contributed by atoms with E-state index in [1.807, 2.05) is 48.5 Å². The molecule has 0 aliphatic heterocycles. The van der Waals surface area contributed by atoms with Crippen molar-refractivity contribution in [3.05, 3.63) is 87.6 Å². The maximum absolute atomic E-state index is 12.1. The molecule has 3 rings (SSSR count). The first-order chi connectivity index (χ1) is 16.5. The van der Waals surface area contributed by atoms with E-state index in [4.69, 9.17) is 25.8 Å². The molecular weight excluding hydrogens is 456 g/mol. The third-order valence-electron chi connectivity index (χ3n) is 4.56. The first-order valence-corrected chi connectivity index (χ1v) is 10.7. The van der Waals surface area contributed by atoms with Crippen LogP contribution in [0.25, 0.3) is 0 Å². The quantitative estimate of drug-likeness (QED) is 0.346. The van der Waals surface area contributed by atoms with Crippen LogP contribution in [0.4, 0.5) is 0 Å². The Kier molecular flexibility index (Phi) is 8.97. The topological polar surface area (TPSA) is 106 Å². The van der Waals surface area contributed by atoms with Crippen LogP contribution in [0.2, 0.25) is 5.02 Å². The molecule has 3 aromatic rings. The molecule has 8 nitrogen and oxygen atoms in total. The zero-order valence-electron chi connectivity index (χ0n) is 18.7. The molecule has 9 heteroatoms. The summed E-state index contributed by atoms with van der Waals surface area (Å²) in [5.41, 5.74) is 5.53. The minimum absolute atomic E-state index is 0.0806. The molecule has 174 valence electrons. The van der Waals surface area contributed by atoms with E-state index in [1.165, 1.54) is 13.3 Å². The van der Waals surface area contributed by atoms with Crippen molar-refractivity contribution in [3.63, 3.8) is 0 Å². The van der Waals surface area contributed by atoms with Crippen molar-refractivity contribution in [1.29, 1.82) is 5.26 Å². The number of hydrogen-bond donors (Lipinski definition) is 1. The number of amides is 1. The van der Waals surface area contributed by atoms with Crippen LogP contribution in [0.1, 0.15) is 27.9 Å². The molecule has 34 heavy (non-hydrogen) atoms. The van der Waals surface area contributed by atoms with Crippen molar-refractivity contribution >= 4 is 23.7 Å². The molecule has 0 aliphatic rings. The Hall–Kier alpha value is -3.93. The molecular formula is C25H23ClN4O4. The van der Waals surface area contributed by atoms with E-state index in [9.17, 15) is 10.1 Å². The second kappa shape index (κ2) is 12.3. The molecule has 1 N–H and O–H groups in total. The number of hydrogen-bond acceptors (Lipinski definition) is 7. The first-order valence-electron chi connectivity index (χ1n) is 10.3. The predicted molar refractivity (Wildman–Crippen MR) is 128 cm³/mol. The lowest BCUT2D eigenvalue weighted by Crippen LogP contribution is -2.25. The van der Waals surface area contributed by atoms with Crippen LogP contribution in [-0.2, 0) is 22.7 Å². The fourth-order valence-electron chi connectivity index (χ4n) is 3.01. The number of ether oxygens (including phenoxy) is 3. The molecule has 0 saturated carbocycles. The van der Waals surface area contributed by atoms with Gasteiger partial charge in [0.15, 0.2) is 6.61 Å². The summed E-state index contributed by atoms with van der Waals surface area (Å²) < 4.78 is 16.4. The highest BCUT2D eigenvalue weighted by Gasteiger charge is 2.14. The number of aromatic nitrogens is 1. The number of carbonyl (C=O) groups is 1. The fraction of sp³-hybridized carbons (Fsp3) is 0.200. The van der Waals surface area contributed by atoms with Gasteiger partial charge in [-0.3, -0.25) is 4.79 Å².